The van der Waals surface area contributed by atoms with Gasteiger partial charge in [-0.1, -0.05) is 20.8 Å². The minimum Gasteiger partial charge on any atom is -0.332 e. The summed E-state index contributed by atoms with van der Waals surface area (Å²) in [5.41, 5.74) is 1.45. The Balaban J connectivity index is 1.81. The summed E-state index contributed by atoms with van der Waals surface area (Å²) in [5.74, 6) is -0.743. The van der Waals surface area contributed by atoms with Crippen LogP contribution in [0, 0.1) is 17.0 Å². The van der Waals surface area contributed by atoms with Crippen molar-refractivity contribution in [2.45, 2.75) is 27.3 Å². The number of nitrogens with one attached hydrogen (secondary N) is 1. The van der Waals surface area contributed by atoms with Gasteiger partial charge < -0.3 is 10.2 Å². The van der Waals surface area contributed by atoms with E-state index in [1.54, 1.807) is 29.2 Å². The molecular formula is C21H21F2N3OS. The number of aromatic nitrogens is 1. The van der Waals surface area contributed by atoms with Gasteiger partial charge in [-0.3, -0.25) is 4.79 Å². The van der Waals surface area contributed by atoms with Crippen LogP contribution in [0.15, 0.2) is 53.9 Å². The van der Waals surface area contributed by atoms with E-state index in [0.717, 1.165) is 5.69 Å². The van der Waals surface area contributed by atoms with Crippen LogP contribution in [0.4, 0.5) is 25.3 Å². The predicted molar refractivity (Wildman–Crippen MR) is 109 cm³/mol. The summed E-state index contributed by atoms with van der Waals surface area (Å²) in [6.07, 6.45) is 0. The lowest BCUT2D eigenvalue weighted by Gasteiger charge is -2.29. The van der Waals surface area contributed by atoms with Crippen molar-refractivity contribution < 1.29 is 13.6 Å². The molecule has 0 aliphatic carbocycles. The van der Waals surface area contributed by atoms with Crippen LogP contribution < -0.4 is 10.2 Å². The van der Waals surface area contributed by atoms with E-state index in [-0.39, 0.29) is 24.1 Å². The first-order valence-electron chi connectivity index (χ1n) is 8.77. The molecule has 1 aromatic heterocycles. The van der Waals surface area contributed by atoms with Gasteiger partial charge in [0, 0.05) is 22.2 Å². The molecule has 0 spiro atoms. The van der Waals surface area contributed by atoms with Gasteiger partial charge >= 0.3 is 0 Å². The van der Waals surface area contributed by atoms with Gasteiger partial charge in [-0.2, -0.15) is 0 Å². The van der Waals surface area contributed by atoms with Crippen molar-refractivity contribution in [2.75, 3.05) is 10.2 Å². The van der Waals surface area contributed by atoms with Crippen LogP contribution in [-0.4, -0.2) is 10.9 Å². The van der Waals surface area contributed by atoms with Crippen molar-refractivity contribution in [3.63, 3.8) is 0 Å². The Hall–Kier alpha value is -2.80. The number of rotatable bonds is 5. The molecule has 1 amide bonds. The molecule has 0 saturated heterocycles. The SMILES string of the molecule is CC(C)(C)C(=O)N(Cc1csc(Nc2ccc(F)cc2)n1)c1ccc(F)cc1. The maximum atomic E-state index is 13.3. The Morgan fingerprint density at radius 1 is 1.04 bits per heavy atom. The first-order valence-corrected chi connectivity index (χ1v) is 9.65. The molecule has 0 atom stereocenters. The first-order chi connectivity index (χ1) is 13.2. The Morgan fingerprint density at radius 2 is 1.61 bits per heavy atom. The second-order valence-corrected chi connectivity index (χ2v) is 8.25. The highest BCUT2D eigenvalue weighted by molar-refractivity contribution is 7.13. The fourth-order valence-corrected chi connectivity index (χ4v) is 3.28. The third-order valence-corrected chi connectivity index (χ3v) is 4.80. The zero-order valence-electron chi connectivity index (χ0n) is 15.9. The number of nitrogens with zero attached hydrogens (tertiary/aromatic N) is 2. The minimum atomic E-state index is -0.598. The van der Waals surface area contributed by atoms with Gasteiger partial charge in [0.2, 0.25) is 5.91 Å². The van der Waals surface area contributed by atoms with E-state index in [1.165, 1.54) is 35.6 Å². The molecule has 1 N–H and O–H groups in total. The maximum absolute atomic E-state index is 13.3. The normalized spacial score (nSPS) is 11.3. The lowest BCUT2D eigenvalue weighted by atomic mass is 9.94. The van der Waals surface area contributed by atoms with E-state index in [1.807, 2.05) is 26.2 Å². The first kappa shape index (κ1) is 19.9. The van der Waals surface area contributed by atoms with Gasteiger partial charge in [-0.25, -0.2) is 13.8 Å². The number of benzene rings is 2. The smallest absolute Gasteiger partial charge is 0.232 e. The number of anilines is 3. The number of carbonyl (C=O) groups is 1. The Kier molecular flexibility index (Phi) is 5.74. The third kappa shape index (κ3) is 4.92. The minimum absolute atomic E-state index is 0.0832. The summed E-state index contributed by atoms with van der Waals surface area (Å²) in [5, 5.41) is 5.62. The third-order valence-electron chi connectivity index (χ3n) is 3.99. The number of hydrogen-bond donors (Lipinski definition) is 1. The summed E-state index contributed by atoms with van der Waals surface area (Å²) in [7, 11) is 0. The number of thiazole rings is 1. The van der Waals surface area contributed by atoms with E-state index >= 15 is 0 Å². The second kappa shape index (κ2) is 8.06. The van der Waals surface area contributed by atoms with E-state index < -0.39 is 5.41 Å². The highest BCUT2D eigenvalue weighted by atomic mass is 32.1. The molecule has 146 valence electrons. The second-order valence-electron chi connectivity index (χ2n) is 7.39. The Bertz CT molecular complexity index is 947. The molecule has 0 aliphatic rings. The molecule has 0 bridgehead atoms. The van der Waals surface area contributed by atoms with Crippen molar-refractivity contribution in [1.29, 1.82) is 0 Å². The predicted octanol–water partition coefficient (Wildman–Crippen LogP) is 5.74. The molecule has 3 aromatic rings. The van der Waals surface area contributed by atoms with Crippen LogP contribution in [0.25, 0.3) is 0 Å². The summed E-state index contributed by atoms with van der Waals surface area (Å²) in [6, 6.07) is 11.8. The highest BCUT2D eigenvalue weighted by Crippen LogP contribution is 2.27. The maximum Gasteiger partial charge on any atom is 0.232 e. The summed E-state index contributed by atoms with van der Waals surface area (Å²) < 4.78 is 26.3. The van der Waals surface area contributed by atoms with Crippen molar-refractivity contribution in [3.8, 4) is 0 Å². The van der Waals surface area contributed by atoms with Crippen LogP contribution in [-0.2, 0) is 11.3 Å². The quantitative estimate of drug-likeness (QED) is 0.593. The summed E-state index contributed by atoms with van der Waals surface area (Å²) in [6.45, 7) is 5.79. The summed E-state index contributed by atoms with van der Waals surface area (Å²) >= 11 is 1.39. The van der Waals surface area contributed by atoms with Crippen molar-refractivity contribution in [3.05, 3.63) is 71.2 Å². The molecule has 28 heavy (non-hydrogen) atoms. The molecule has 7 heteroatoms. The van der Waals surface area contributed by atoms with Gasteiger partial charge in [0.05, 0.1) is 12.2 Å². The van der Waals surface area contributed by atoms with Gasteiger partial charge in [0.1, 0.15) is 11.6 Å². The van der Waals surface area contributed by atoms with Gasteiger partial charge in [0.25, 0.3) is 0 Å². The number of amides is 1. The molecule has 2 aromatic carbocycles. The Labute approximate surface area is 166 Å². The highest BCUT2D eigenvalue weighted by Gasteiger charge is 2.29. The van der Waals surface area contributed by atoms with Gasteiger partial charge in [-0.15, -0.1) is 11.3 Å². The molecule has 0 aliphatic heterocycles. The number of carbonyl (C=O) groups excluding carboxylic acids is 1. The monoisotopic (exact) mass is 401 g/mol. The van der Waals surface area contributed by atoms with Crippen molar-refractivity contribution in [1.82, 2.24) is 4.98 Å². The lowest BCUT2D eigenvalue weighted by molar-refractivity contribution is -0.125. The van der Waals surface area contributed by atoms with Crippen LogP contribution in [0.3, 0.4) is 0 Å². The molecule has 0 fully saturated rings. The number of halogens is 2. The van der Waals surface area contributed by atoms with E-state index in [2.05, 4.69) is 10.3 Å². The molecule has 1 heterocycles. The van der Waals surface area contributed by atoms with E-state index in [4.69, 9.17) is 0 Å². The molecule has 4 nitrogen and oxygen atoms in total. The molecule has 0 unspecified atom stereocenters. The molecule has 0 radical (unpaired) electrons. The van der Waals surface area contributed by atoms with E-state index in [9.17, 15) is 13.6 Å². The molecule has 0 saturated carbocycles. The zero-order valence-corrected chi connectivity index (χ0v) is 16.7. The van der Waals surface area contributed by atoms with Crippen LogP contribution in [0.2, 0.25) is 0 Å². The zero-order chi connectivity index (χ0) is 20.3. The molecule has 3 rings (SSSR count). The van der Waals surface area contributed by atoms with Crippen molar-refractivity contribution >= 4 is 33.8 Å². The molecular weight excluding hydrogens is 380 g/mol. The average Bonchev–Trinajstić information content (AvgIpc) is 3.08. The number of hydrogen-bond acceptors (Lipinski definition) is 4. The van der Waals surface area contributed by atoms with Crippen molar-refractivity contribution in [2.24, 2.45) is 5.41 Å². The average molecular weight is 401 g/mol. The lowest BCUT2D eigenvalue weighted by Crippen LogP contribution is -2.39. The Morgan fingerprint density at radius 3 is 2.18 bits per heavy atom. The summed E-state index contributed by atoms with van der Waals surface area (Å²) in [4.78, 5) is 19.1. The van der Waals surface area contributed by atoms with E-state index in [0.29, 0.717) is 16.5 Å². The van der Waals surface area contributed by atoms with Crippen LogP contribution in [0.1, 0.15) is 26.5 Å². The largest absolute Gasteiger partial charge is 0.332 e. The standard InChI is InChI=1S/C21H21F2N3OS/c1-21(2,3)19(27)26(18-10-6-15(23)7-11-18)12-17-13-28-20(25-17)24-16-8-4-14(22)5-9-16/h4-11,13H,12H2,1-3H3,(H,24,25). The van der Waals surface area contributed by atoms with Crippen LogP contribution in [0.5, 0.6) is 0 Å². The van der Waals surface area contributed by atoms with Gasteiger partial charge in [-0.05, 0) is 48.5 Å². The van der Waals surface area contributed by atoms with Crippen LogP contribution >= 0.6 is 11.3 Å². The van der Waals surface area contributed by atoms with Gasteiger partial charge in [0.15, 0.2) is 5.13 Å². The fraction of sp³-hybridized carbons (Fsp3) is 0.238. The topological polar surface area (TPSA) is 45.2 Å². The fourth-order valence-electron chi connectivity index (χ4n) is 2.56.